The molecule has 2 heteroatoms. The molecular formula is C7H15ClO. The average molecular weight is 151 g/mol. The van der Waals surface area contributed by atoms with E-state index >= 15 is 0 Å². The summed E-state index contributed by atoms with van der Waals surface area (Å²) < 4.78 is 5.16. The van der Waals surface area contributed by atoms with E-state index in [1.165, 1.54) is 0 Å². The van der Waals surface area contributed by atoms with Gasteiger partial charge in [0.05, 0.1) is 6.61 Å². The Morgan fingerprint density at radius 1 is 1.33 bits per heavy atom. The summed E-state index contributed by atoms with van der Waals surface area (Å²) in [6, 6.07) is 0. The maximum Gasteiger partial charge on any atom is 0.0601 e. The van der Waals surface area contributed by atoms with Crippen molar-refractivity contribution in [3.05, 3.63) is 0 Å². The minimum Gasteiger partial charge on any atom is -0.380 e. The summed E-state index contributed by atoms with van der Waals surface area (Å²) in [6.07, 6.45) is 1.14. The normalized spacial score (nSPS) is 10.7. The van der Waals surface area contributed by atoms with Gasteiger partial charge in [-0.15, -0.1) is 11.6 Å². The molecule has 0 aromatic carbocycles. The molecule has 0 aliphatic rings. The van der Waals surface area contributed by atoms with Gasteiger partial charge < -0.3 is 4.74 Å². The van der Waals surface area contributed by atoms with Crippen LogP contribution < -0.4 is 0 Å². The SMILES string of the molecule is CC(C)CCOCCCl. The van der Waals surface area contributed by atoms with Crippen LogP contribution in [0.25, 0.3) is 0 Å². The molecule has 0 aliphatic carbocycles. The first-order valence-electron chi connectivity index (χ1n) is 3.41. The van der Waals surface area contributed by atoms with Crippen molar-refractivity contribution in [2.24, 2.45) is 5.92 Å². The zero-order chi connectivity index (χ0) is 7.11. The van der Waals surface area contributed by atoms with Crippen molar-refractivity contribution < 1.29 is 4.74 Å². The number of halogens is 1. The Labute approximate surface area is 62.3 Å². The summed E-state index contributed by atoms with van der Waals surface area (Å²) in [7, 11) is 0. The van der Waals surface area contributed by atoms with Gasteiger partial charge in [-0.1, -0.05) is 13.8 Å². The van der Waals surface area contributed by atoms with E-state index in [9.17, 15) is 0 Å². The lowest BCUT2D eigenvalue weighted by Crippen LogP contribution is -2.00. The standard InChI is InChI=1S/C7H15ClO/c1-7(2)3-5-9-6-4-8/h7H,3-6H2,1-2H3. The number of alkyl halides is 1. The van der Waals surface area contributed by atoms with Crippen molar-refractivity contribution >= 4 is 11.6 Å². The van der Waals surface area contributed by atoms with Crippen molar-refractivity contribution in [2.75, 3.05) is 19.1 Å². The quantitative estimate of drug-likeness (QED) is 0.432. The van der Waals surface area contributed by atoms with Crippen LogP contribution in [0.5, 0.6) is 0 Å². The van der Waals surface area contributed by atoms with E-state index in [-0.39, 0.29) is 0 Å². The number of hydrogen-bond donors (Lipinski definition) is 0. The highest BCUT2D eigenvalue weighted by atomic mass is 35.5. The third-order valence-corrected chi connectivity index (χ3v) is 1.22. The number of rotatable bonds is 5. The Morgan fingerprint density at radius 2 is 2.00 bits per heavy atom. The first-order chi connectivity index (χ1) is 4.27. The molecule has 1 nitrogen and oxygen atoms in total. The molecular weight excluding hydrogens is 136 g/mol. The van der Waals surface area contributed by atoms with Crippen LogP contribution >= 0.6 is 11.6 Å². The molecule has 0 saturated carbocycles. The number of hydrogen-bond acceptors (Lipinski definition) is 1. The molecule has 0 saturated heterocycles. The van der Waals surface area contributed by atoms with Gasteiger partial charge in [0, 0.05) is 12.5 Å². The molecule has 0 spiro atoms. The van der Waals surface area contributed by atoms with E-state index in [1.807, 2.05) is 0 Å². The Hall–Kier alpha value is 0.250. The fourth-order valence-corrected chi connectivity index (χ4v) is 0.585. The van der Waals surface area contributed by atoms with Crippen molar-refractivity contribution in [3.8, 4) is 0 Å². The minimum absolute atomic E-state index is 0.609. The van der Waals surface area contributed by atoms with Gasteiger partial charge in [0.25, 0.3) is 0 Å². The van der Waals surface area contributed by atoms with Gasteiger partial charge in [-0.2, -0.15) is 0 Å². The van der Waals surface area contributed by atoms with Gasteiger partial charge in [0.2, 0.25) is 0 Å². The van der Waals surface area contributed by atoms with E-state index in [4.69, 9.17) is 16.3 Å². The highest BCUT2D eigenvalue weighted by Crippen LogP contribution is 1.98. The third-order valence-electron chi connectivity index (χ3n) is 1.06. The molecule has 0 rings (SSSR count). The fourth-order valence-electron chi connectivity index (χ4n) is 0.476. The second kappa shape index (κ2) is 6.37. The van der Waals surface area contributed by atoms with Gasteiger partial charge in [0.15, 0.2) is 0 Å². The molecule has 0 heterocycles. The van der Waals surface area contributed by atoms with Crippen LogP contribution in [0.2, 0.25) is 0 Å². The molecule has 0 aliphatic heterocycles. The van der Waals surface area contributed by atoms with Crippen LogP contribution in [-0.4, -0.2) is 19.1 Å². The van der Waals surface area contributed by atoms with Gasteiger partial charge in [-0.3, -0.25) is 0 Å². The second-order valence-corrected chi connectivity index (χ2v) is 2.86. The van der Waals surface area contributed by atoms with Gasteiger partial charge in [0.1, 0.15) is 0 Å². The molecule has 0 N–H and O–H groups in total. The fraction of sp³-hybridized carbons (Fsp3) is 1.00. The van der Waals surface area contributed by atoms with Crippen LogP contribution in [0.15, 0.2) is 0 Å². The largest absolute Gasteiger partial charge is 0.380 e. The Morgan fingerprint density at radius 3 is 2.44 bits per heavy atom. The molecule has 0 fully saturated rings. The van der Waals surface area contributed by atoms with Crippen molar-refractivity contribution in [1.82, 2.24) is 0 Å². The van der Waals surface area contributed by atoms with Gasteiger partial charge >= 0.3 is 0 Å². The van der Waals surface area contributed by atoms with E-state index in [0.29, 0.717) is 12.5 Å². The maximum atomic E-state index is 5.39. The summed E-state index contributed by atoms with van der Waals surface area (Å²) in [5, 5.41) is 0. The summed E-state index contributed by atoms with van der Waals surface area (Å²) in [5.41, 5.74) is 0. The minimum atomic E-state index is 0.609. The summed E-state index contributed by atoms with van der Waals surface area (Å²) in [6.45, 7) is 5.91. The molecule has 56 valence electrons. The average Bonchev–Trinajstić information content (AvgIpc) is 1.80. The molecule has 0 bridgehead atoms. The molecule has 9 heavy (non-hydrogen) atoms. The molecule has 0 aromatic rings. The lowest BCUT2D eigenvalue weighted by molar-refractivity contribution is 0.137. The smallest absolute Gasteiger partial charge is 0.0601 e. The topological polar surface area (TPSA) is 9.23 Å². The molecule has 0 atom stereocenters. The van der Waals surface area contributed by atoms with Crippen LogP contribution in [0.3, 0.4) is 0 Å². The maximum absolute atomic E-state index is 5.39. The molecule has 0 radical (unpaired) electrons. The highest BCUT2D eigenvalue weighted by molar-refractivity contribution is 6.17. The molecule has 0 aromatic heterocycles. The van der Waals surface area contributed by atoms with Crippen LogP contribution in [0.4, 0.5) is 0 Å². The van der Waals surface area contributed by atoms with Gasteiger partial charge in [-0.25, -0.2) is 0 Å². The Bertz CT molecular complexity index is 54.9. The van der Waals surface area contributed by atoms with Gasteiger partial charge in [-0.05, 0) is 12.3 Å². The third kappa shape index (κ3) is 8.25. The Kier molecular flexibility index (Phi) is 6.55. The highest BCUT2D eigenvalue weighted by Gasteiger charge is 1.91. The van der Waals surface area contributed by atoms with E-state index in [0.717, 1.165) is 18.9 Å². The van der Waals surface area contributed by atoms with E-state index in [1.54, 1.807) is 0 Å². The first kappa shape index (κ1) is 9.25. The summed E-state index contributed by atoms with van der Waals surface area (Å²) in [4.78, 5) is 0. The van der Waals surface area contributed by atoms with Crippen LogP contribution in [0.1, 0.15) is 20.3 Å². The predicted molar refractivity (Wildman–Crippen MR) is 41.0 cm³/mol. The lowest BCUT2D eigenvalue weighted by Gasteiger charge is -2.03. The van der Waals surface area contributed by atoms with Crippen molar-refractivity contribution in [2.45, 2.75) is 20.3 Å². The van der Waals surface area contributed by atoms with Crippen LogP contribution in [-0.2, 0) is 4.74 Å². The summed E-state index contributed by atoms with van der Waals surface area (Å²) >= 11 is 5.39. The van der Waals surface area contributed by atoms with E-state index < -0.39 is 0 Å². The predicted octanol–water partition coefficient (Wildman–Crippen LogP) is 2.29. The number of ether oxygens (including phenoxy) is 1. The first-order valence-corrected chi connectivity index (χ1v) is 3.94. The molecule has 0 amide bonds. The lowest BCUT2D eigenvalue weighted by atomic mass is 10.1. The van der Waals surface area contributed by atoms with Crippen molar-refractivity contribution in [1.29, 1.82) is 0 Å². The Balaban J connectivity index is 2.75. The monoisotopic (exact) mass is 150 g/mol. The van der Waals surface area contributed by atoms with Crippen LogP contribution in [0, 0.1) is 5.92 Å². The van der Waals surface area contributed by atoms with E-state index in [2.05, 4.69) is 13.8 Å². The summed E-state index contributed by atoms with van der Waals surface area (Å²) in [5.74, 6) is 1.35. The van der Waals surface area contributed by atoms with Crippen molar-refractivity contribution in [3.63, 3.8) is 0 Å². The molecule has 0 unspecified atom stereocenters. The zero-order valence-electron chi connectivity index (χ0n) is 6.19. The zero-order valence-corrected chi connectivity index (χ0v) is 6.95. The second-order valence-electron chi connectivity index (χ2n) is 2.48.